The summed E-state index contributed by atoms with van der Waals surface area (Å²) in [5.41, 5.74) is 3.21. The van der Waals surface area contributed by atoms with E-state index in [0.717, 1.165) is 29.9 Å². The Hall–Kier alpha value is -3.78. The van der Waals surface area contributed by atoms with E-state index in [9.17, 15) is 9.59 Å². The molecule has 0 saturated carbocycles. The van der Waals surface area contributed by atoms with Crippen LogP contribution in [0.3, 0.4) is 0 Å². The smallest absolute Gasteiger partial charge is 0.227 e. The van der Waals surface area contributed by atoms with Gasteiger partial charge >= 0.3 is 0 Å². The van der Waals surface area contributed by atoms with Crippen molar-refractivity contribution in [2.75, 3.05) is 17.2 Å². The molecule has 0 aliphatic carbocycles. The SMILES string of the molecule is O=C(CSc1nnc(-c2cccnc2)n1-c1ccccc1)c1ccc(N2CCCC2=O)cc1. The largest absolute Gasteiger partial charge is 0.312 e. The summed E-state index contributed by atoms with van der Waals surface area (Å²) in [5, 5.41) is 9.37. The fourth-order valence-corrected chi connectivity index (χ4v) is 4.66. The number of thioether (sulfide) groups is 1. The lowest BCUT2D eigenvalue weighted by Crippen LogP contribution is -2.23. The molecule has 0 atom stereocenters. The van der Waals surface area contributed by atoms with E-state index in [1.165, 1.54) is 11.8 Å². The van der Waals surface area contributed by atoms with Crippen LogP contribution in [0.1, 0.15) is 23.2 Å². The van der Waals surface area contributed by atoms with Gasteiger partial charge in [0.25, 0.3) is 0 Å². The minimum atomic E-state index is -0.00941. The Balaban J connectivity index is 1.36. The highest BCUT2D eigenvalue weighted by molar-refractivity contribution is 7.99. The van der Waals surface area contributed by atoms with Gasteiger partial charge in [-0.05, 0) is 55.0 Å². The number of hydrogen-bond acceptors (Lipinski definition) is 6. The second-order valence-corrected chi connectivity index (χ2v) is 8.57. The predicted octanol–water partition coefficient (Wildman–Crippen LogP) is 4.43. The molecule has 0 unspecified atom stereocenters. The summed E-state index contributed by atoms with van der Waals surface area (Å²) in [5.74, 6) is 1.02. The molecule has 0 spiro atoms. The third-order valence-corrected chi connectivity index (χ3v) is 6.40. The van der Waals surface area contributed by atoms with Gasteiger partial charge in [-0.1, -0.05) is 30.0 Å². The summed E-state index contributed by atoms with van der Waals surface area (Å²) in [4.78, 5) is 30.8. The number of carbonyl (C=O) groups is 2. The Kier molecular flexibility index (Phi) is 5.99. The Morgan fingerprint density at radius 1 is 0.939 bits per heavy atom. The molecular formula is C25H21N5O2S. The minimum absolute atomic E-state index is 0.00941. The van der Waals surface area contributed by atoms with E-state index in [1.54, 1.807) is 29.4 Å². The maximum atomic E-state index is 12.9. The molecule has 2 aromatic carbocycles. The molecule has 0 bridgehead atoms. The topological polar surface area (TPSA) is 81.0 Å². The summed E-state index contributed by atoms with van der Waals surface area (Å²) < 4.78 is 1.94. The van der Waals surface area contributed by atoms with Crippen molar-refractivity contribution in [1.82, 2.24) is 19.7 Å². The molecule has 1 saturated heterocycles. The second-order valence-electron chi connectivity index (χ2n) is 7.63. The number of nitrogens with zero attached hydrogens (tertiary/aromatic N) is 5. The highest BCUT2D eigenvalue weighted by atomic mass is 32.2. The highest BCUT2D eigenvalue weighted by Gasteiger charge is 2.22. The van der Waals surface area contributed by atoms with E-state index in [1.807, 2.05) is 59.2 Å². The molecule has 1 aliphatic heterocycles. The summed E-state index contributed by atoms with van der Waals surface area (Å²) in [6.07, 6.45) is 4.92. The lowest BCUT2D eigenvalue weighted by Gasteiger charge is -2.15. The van der Waals surface area contributed by atoms with Gasteiger partial charge in [0.2, 0.25) is 5.91 Å². The number of amides is 1. The number of Topliss-reactive ketones (excluding diaryl/α,β-unsaturated/α-hetero) is 1. The van der Waals surface area contributed by atoms with E-state index >= 15 is 0 Å². The van der Waals surface area contributed by atoms with Gasteiger partial charge in [0, 0.05) is 47.9 Å². The lowest BCUT2D eigenvalue weighted by atomic mass is 10.1. The number of pyridine rings is 1. The molecule has 164 valence electrons. The number of para-hydroxylation sites is 1. The number of hydrogen-bond donors (Lipinski definition) is 0. The number of anilines is 1. The maximum absolute atomic E-state index is 12.9. The monoisotopic (exact) mass is 455 g/mol. The van der Waals surface area contributed by atoms with Gasteiger partial charge in [-0.3, -0.25) is 19.1 Å². The molecule has 5 rings (SSSR count). The van der Waals surface area contributed by atoms with Gasteiger partial charge < -0.3 is 4.90 Å². The Morgan fingerprint density at radius 3 is 2.45 bits per heavy atom. The van der Waals surface area contributed by atoms with Crippen LogP contribution in [-0.2, 0) is 4.79 Å². The van der Waals surface area contributed by atoms with E-state index in [-0.39, 0.29) is 17.4 Å². The molecule has 4 aromatic rings. The second kappa shape index (κ2) is 9.38. The highest BCUT2D eigenvalue weighted by Crippen LogP contribution is 2.28. The number of rotatable bonds is 7. The fourth-order valence-electron chi connectivity index (χ4n) is 3.82. The van der Waals surface area contributed by atoms with Crippen LogP contribution < -0.4 is 4.90 Å². The van der Waals surface area contributed by atoms with E-state index in [0.29, 0.717) is 23.0 Å². The van der Waals surface area contributed by atoms with Gasteiger partial charge in [0.05, 0.1) is 5.75 Å². The zero-order chi connectivity index (χ0) is 22.6. The van der Waals surface area contributed by atoms with Crippen molar-refractivity contribution < 1.29 is 9.59 Å². The molecule has 3 heterocycles. The van der Waals surface area contributed by atoms with Crippen molar-refractivity contribution in [2.45, 2.75) is 18.0 Å². The standard InChI is InChI=1S/C25H21N5O2S/c31-22(18-10-12-20(13-11-18)29-15-5-9-23(29)32)17-33-25-28-27-24(19-6-4-14-26-16-19)30(25)21-7-2-1-3-8-21/h1-4,6-8,10-14,16H,5,9,15,17H2. The van der Waals surface area contributed by atoms with Crippen molar-refractivity contribution in [1.29, 1.82) is 0 Å². The average Bonchev–Trinajstić information content (AvgIpc) is 3.50. The van der Waals surface area contributed by atoms with E-state index in [4.69, 9.17) is 0 Å². The van der Waals surface area contributed by atoms with Crippen molar-refractivity contribution in [3.63, 3.8) is 0 Å². The predicted molar refractivity (Wildman–Crippen MR) is 128 cm³/mol. The molecular weight excluding hydrogens is 434 g/mol. The summed E-state index contributed by atoms with van der Waals surface area (Å²) in [6, 6.07) is 20.9. The van der Waals surface area contributed by atoms with Crippen molar-refractivity contribution in [2.24, 2.45) is 0 Å². The third-order valence-electron chi connectivity index (χ3n) is 5.47. The van der Waals surface area contributed by atoms with Gasteiger partial charge in [0.1, 0.15) is 0 Å². The summed E-state index contributed by atoms with van der Waals surface area (Å²) in [6.45, 7) is 0.733. The first kappa shape index (κ1) is 21.1. The van der Waals surface area contributed by atoms with Gasteiger partial charge in [0.15, 0.2) is 16.8 Å². The van der Waals surface area contributed by atoms with Crippen LogP contribution in [0.25, 0.3) is 17.1 Å². The third kappa shape index (κ3) is 4.42. The molecule has 1 fully saturated rings. The number of ketones is 1. The average molecular weight is 456 g/mol. The summed E-state index contributed by atoms with van der Waals surface area (Å²) >= 11 is 1.35. The lowest BCUT2D eigenvalue weighted by molar-refractivity contribution is -0.117. The molecule has 8 heteroatoms. The first-order valence-electron chi connectivity index (χ1n) is 10.7. The van der Waals surface area contributed by atoms with Gasteiger partial charge in [-0.25, -0.2) is 0 Å². The van der Waals surface area contributed by atoms with Crippen LogP contribution in [0, 0.1) is 0 Å². The molecule has 7 nitrogen and oxygen atoms in total. The first-order chi connectivity index (χ1) is 16.2. The van der Waals surface area contributed by atoms with E-state index in [2.05, 4.69) is 15.2 Å². The van der Waals surface area contributed by atoms with Crippen molar-refractivity contribution in [3.05, 3.63) is 84.7 Å². The first-order valence-corrected chi connectivity index (χ1v) is 11.7. The Bertz CT molecular complexity index is 1270. The number of benzene rings is 2. The molecule has 1 amide bonds. The maximum Gasteiger partial charge on any atom is 0.227 e. The fraction of sp³-hybridized carbons (Fsp3) is 0.160. The van der Waals surface area contributed by atoms with Gasteiger partial charge in [-0.2, -0.15) is 0 Å². The van der Waals surface area contributed by atoms with Crippen molar-refractivity contribution in [3.8, 4) is 17.1 Å². The van der Waals surface area contributed by atoms with Crippen LogP contribution in [0.4, 0.5) is 5.69 Å². The van der Waals surface area contributed by atoms with Crippen LogP contribution in [0.2, 0.25) is 0 Å². The number of carbonyl (C=O) groups excluding carboxylic acids is 2. The molecule has 0 radical (unpaired) electrons. The zero-order valence-electron chi connectivity index (χ0n) is 17.8. The molecule has 2 aromatic heterocycles. The number of aromatic nitrogens is 4. The van der Waals surface area contributed by atoms with Crippen LogP contribution >= 0.6 is 11.8 Å². The van der Waals surface area contributed by atoms with Gasteiger partial charge in [-0.15, -0.1) is 10.2 Å². The van der Waals surface area contributed by atoms with Crippen LogP contribution in [0.15, 0.2) is 84.3 Å². The Morgan fingerprint density at radius 2 is 1.76 bits per heavy atom. The summed E-state index contributed by atoms with van der Waals surface area (Å²) in [7, 11) is 0. The van der Waals surface area contributed by atoms with Crippen LogP contribution in [-0.4, -0.2) is 43.7 Å². The molecule has 33 heavy (non-hydrogen) atoms. The Labute approximate surface area is 195 Å². The van der Waals surface area contributed by atoms with Crippen molar-refractivity contribution >= 4 is 29.1 Å². The molecule has 0 N–H and O–H groups in total. The molecule has 1 aliphatic rings. The normalized spacial score (nSPS) is 13.5. The minimum Gasteiger partial charge on any atom is -0.312 e. The quantitative estimate of drug-likeness (QED) is 0.303. The van der Waals surface area contributed by atoms with E-state index < -0.39 is 0 Å². The van der Waals surface area contributed by atoms with Crippen LogP contribution in [0.5, 0.6) is 0 Å². The zero-order valence-corrected chi connectivity index (χ0v) is 18.6.